The highest BCUT2D eigenvalue weighted by atomic mass is 35.5. The van der Waals surface area contributed by atoms with Gasteiger partial charge in [0.15, 0.2) is 0 Å². The highest BCUT2D eigenvalue weighted by Gasteiger charge is 2.22. The maximum atomic E-state index is 10.9. The van der Waals surface area contributed by atoms with Crippen molar-refractivity contribution < 1.29 is 9.90 Å². The molecule has 0 saturated carbocycles. The van der Waals surface area contributed by atoms with Crippen LogP contribution < -0.4 is 0 Å². The second-order valence-electron chi connectivity index (χ2n) is 3.54. The summed E-state index contributed by atoms with van der Waals surface area (Å²) in [5, 5.41) is 12.2. The maximum absolute atomic E-state index is 10.9. The van der Waals surface area contributed by atoms with Crippen LogP contribution in [-0.4, -0.2) is 16.1 Å². The van der Waals surface area contributed by atoms with Crippen LogP contribution in [0.2, 0.25) is 5.02 Å². The molecule has 0 aliphatic rings. The summed E-state index contributed by atoms with van der Waals surface area (Å²) in [7, 11) is 0. The Hall–Kier alpha value is -1.39. The third-order valence-corrected chi connectivity index (χ3v) is 3.64. The Morgan fingerprint density at radius 2 is 2.24 bits per heavy atom. The Kier molecular flexibility index (Phi) is 3.76. The van der Waals surface area contributed by atoms with Gasteiger partial charge in [-0.3, -0.25) is 4.79 Å². The summed E-state index contributed by atoms with van der Waals surface area (Å²) in [6, 6.07) is 7.28. The van der Waals surface area contributed by atoms with Gasteiger partial charge in [0.2, 0.25) is 0 Å². The highest BCUT2D eigenvalue weighted by molar-refractivity contribution is 7.09. The van der Waals surface area contributed by atoms with Gasteiger partial charge in [0, 0.05) is 22.5 Å². The average Bonchev–Trinajstić information content (AvgIpc) is 2.80. The Morgan fingerprint density at radius 1 is 1.47 bits per heavy atom. The fourth-order valence-electron chi connectivity index (χ4n) is 1.67. The van der Waals surface area contributed by atoms with Crippen molar-refractivity contribution in [2.75, 3.05) is 0 Å². The molecule has 5 heteroatoms. The van der Waals surface area contributed by atoms with Crippen LogP contribution in [0.25, 0.3) is 0 Å². The van der Waals surface area contributed by atoms with E-state index in [1.54, 1.807) is 12.3 Å². The number of halogens is 1. The molecule has 1 heterocycles. The summed E-state index contributed by atoms with van der Waals surface area (Å²) in [6.45, 7) is 0. The number of carboxylic acid groups (broad SMARTS) is 1. The molecular weight excluding hydrogens is 258 g/mol. The molecule has 17 heavy (non-hydrogen) atoms. The van der Waals surface area contributed by atoms with Crippen LogP contribution in [0.5, 0.6) is 0 Å². The molecule has 0 spiro atoms. The van der Waals surface area contributed by atoms with Crippen molar-refractivity contribution in [3.05, 3.63) is 51.4 Å². The number of hydrogen-bond donors (Lipinski definition) is 1. The van der Waals surface area contributed by atoms with E-state index in [2.05, 4.69) is 4.98 Å². The molecule has 1 atom stereocenters. The van der Waals surface area contributed by atoms with Crippen molar-refractivity contribution >= 4 is 28.9 Å². The first-order chi connectivity index (χ1) is 8.18. The van der Waals surface area contributed by atoms with Gasteiger partial charge in [-0.2, -0.15) is 0 Å². The third kappa shape index (κ3) is 2.84. The minimum atomic E-state index is -0.856. The number of nitrogens with zero attached hydrogens (tertiary/aromatic N) is 1. The second kappa shape index (κ2) is 5.29. The number of hydrogen-bond acceptors (Lipinski definition) is 3. The lowest BCUT2D eigenvalue weighted by atomic mass is 9.96. The van der Waals surface area contributed by atoms with Crippen LogP contribution in [-0.2, 0) is 4.79 Å². The molecule has 1 unspecified atom stereocenters. The summed E-state index contributed by atoms with van der Waals surface area (Å²) < 4.78 is 0. The minimum absolute atomic E-state index is 0.00273. The largest absolute Gasteiger partial charge is 0.481 e. The first-order valence-electron chi connectivity index (χ1n) is 5.04. The quantitative estimate of drug-likeness (QED) is 0.924. The average molecular weight is 268 g/mol. The second-order valence-corrected chi connectivity index (χ2v) is 4.88. The molecular formula is C12H10ClNO2S. The minimum Gasteiger partial charge on any atom is -0.481 e. The number of carboxylic acids is 1. The number of carbonyl (C=O) groups is 1. The Bertz CT molecular complexity index is 513. The molecule has 2 aromatic rings. The SMILES string of the molecule is O=C(O)CC(c1nccs1)c1ccccc1Cl. The van der Waals surface area contributed by atoms with E-state index in [1.807, 2.05) is 23.6 Å². The van der Waals surface area contributed by atoms with Gasteiger partial charge in [-0.15, -0.1) is 11.3 Å². The zero-order valence-electron chi connectivity index (χ0n) is 8.84. The molecule has 3 nitrogen and oxygen atoms in total. The smallest absolute Gasteiger partial charge is 0.304 e. The van der Waals surface area contributed by atoms with Crippen LogP contribution >= 0.6 is 22.9 Å². The number of aromatic nitrogens is 1. The predicted octanol–water partition coefficient (Wildman–Crippen LogP) is 3.40. The lowest BCUT2D eigenvalue weighted by Gasteiger charge is -2.13. The predicted molar refractivity (Wildman–Crippen MR) is 67.7 cm³/mol. The molecule has 0 radical (unpaired) electrons. The normalized spacial score (nSPS) is 12.3. The molecule has 0 amide bonds. The summed E-state index contributed by atoms with van der Waals surface area (Å²) in [5.74, 6) is -1.13. The van der Waals surface area contributed by atoms with Gasteiger partial charge in [-0.05, 0) is 11.6 Å². The van der Waals surface area contributed by atoms with E-state index in [9.17, 15) is 4.79 Å². The number of benzene rings is 1. The van der Waals surface area contributed by atoms with E-state index < -0.39 is 5.97 Å². The molecule has 0 aliphatic carbocycles. The summed E-state index contributed by atoms with van der Waals surface area (Å²) >= 11 is 7.55. The van der Waals surface area contributed by atoms with E-state index >= 15 is 0 Å². The standard InChI is InChI=1S/C12H10ClNO2S/c13-10-4-2-1-3-8(10)9(7-11(15)16)12-14-5-6-17-12/h1-6,9H,7H2,(H,15,16). The fourth-order valence-corrected chi connectivity index (χ4v) is 2.69. The van der Waals surface area contributed by atoms with Gasteiger partial charge < -0.3 is 5.11 Å². The molecule has 1 N–H and O–H groups in total. The van der Waals surface area contributed by atoms with Gasteiger partial charge in [-0.25, -0.2) is 4.98 Å². The van der Waals surface area contributed by atoms with Crippen LogP contribution in [0, 0.1) is 0 Å². The van der Waals surface area contributed by atoms with Crippen molar-refractivity contribution in [2.45, 2.75) is 12.3 Å². The molecule has 2 rings (SSSR count). The van der Waals surface area contributed by atoms with Crippen molar-refractivity contribution in [1.29, 1.82) is 0 Å². The lowest BCUT2D eigenvalue weighted by Crippen LogP contribution is -2.08. The number of aliphatic carboxylic acids is 1. The summed E-state index contributed by atoms with van der Waals surface area (Å²) in [4.78, 5) is 15.1. The molecule has 0 aliphatic heterocycles. The molecule has 88 valence electrons. The van der Waals surface area contributed by atoms with Crippen LogP contribution in [0.15, 0.2) is 35.8 Å². The van der Waals surface area contributed by atoms with Gasteiger partial charge in [0.25, 0.3) is 0 Å². The van der Waals surface area contributed by atoms with Crippen molar-refractivity contribution in [1.82, 2.24) is 4.98 Å². The van der Waals surface area contributed by atoms with Gasteiger partial charge >= 0.3 is 5.97 Å². The van der Waals surface area contributed by atoms with Crippen molar-refractivity contribution in [3.63, 3.8) is 0 Å². The highest BCUT2D eigenvalue weighted by Crippen LogP contribution is 2.33. The summed E-state index contributed by atoms with van der Waals surface area (Å²) in [5.41, 5.74) is 0.812. The maximum Gasteiger partial charge on any atom is 0.304 e. The van der Waals surface area contributed by atoms with Gasteiger partial charge in [0.05, 0.1) is 6.42 Å². The fraction of sp³-hybridized carbons (Fsp3) is 0.167. The van der Waals surface area contributed by atoms with Crippen LogP contribution in [0.4, 0.5) is 0 Å². The molecule has 0 saturated heterocycles. The molecule has 1 aromatic heterocycles. The van der Waals surface area contributed by atoms with Crippen LogP contribution in [0.3, 0.4) is 0 Å². The Morgan fingerprint density at radius 3 is 2.82 bits per heavy atom. The van der Waals surface area contributed by atoms with Crippen LogP contribution in [0.1, 0.15) is 22.9 Å². The van der Waals surface area contributed by atoms with E-state index in [0.717, 1.165) is 10.6 Å². The molecule has 1 aromatic carbocycles. The van der Waals surface area contributed by atoms with E-state index in [1.165, 1.54) is 11.3 Å². The number of thiazole rings is 1. The molecule has 0 fully saturated rings. The monoisotopic (exact) mass is 267 g/mol. The van der Waals surface area contributed by atoms with Gasteiger partial charge in [-0.1, -0.05) is 29.8 Å². The summed E-state index contributed by atoms with van der Waals surface area (Å²) in [6.07, 6.45) is 1.67. The Balaban J connectivity index is 2.41. The first kappa shape index (κ1) is 12.1. The van der Waals surface area contributed by atoms with E-state index in [0.29, 0.717) is 5.02 Å². The van der Waals surface area contributed by atoms with E-state index in [4.69, 9.17) is 16.7 Å². The Labute approximate surface area is 108 Å². The topological polar surface area (TPSA) is 50.2 Å². The van der Waals surface area contributed by atoms with Gasteiger partial charge in [0.1, 0.15) is 5.01 Å². The first-order valence-corrected chi connectivity index (χ1v) is 6.30. The van der Waals surface area contributed by atoms with Crippen molar-refractivity contribution in [3.8, 4) is 0 Å². The number of rotatable bonds is 4. The van der Waals surface area contributed by atoms with E-state index in [-0.39, 0.29) is 12.3 Å². The lowest BCUT2D eigenvalue weighted by molar-refractivity contribution is -0.137. The zero-order valence-corrected chi connectivity index (χ0v) is 10.4. The van der Waals surface area contributed by atoms with Crippen molar-refractivity contribution in [2.24, 2.45) is 0 Å². The third-order valence-electron chi connectivity index (χ3n) is 2.41. The zero-order chi connectivity index (χ0) is 12.3. The molecule has 0 bridgehead atoms.